The number of hydrogen-bond donors (Lipinski definition) is 0. The summed E-state index contributed by atoms with van der Waals surface area (Å²) in [5.74, 6) is 0.414. The molecule has 2 bridgehead atoms. The molecule has 3 heteroatoms. The van der Waals surface area contributed by atoms with E-state index in [1.54, 1.807) is 0 Å². The first kappa shape index (κ1) is 11.4. The highest BCUT2D eigenvalue weighted by molar-refractivity contribution is 5.92. The van der Waals surface area contributed by atoms with E-state index in [9.17, 15) is 9.59 Å². The third-order valence-electron chi connectivity index (χ3n) is 3.50. The largest absolute Gasteiger partial charge is 0.466 e. The Bertz CT molecular complexity index is 319. The Morgan fingerprint density at radius 3 is 2.88 bits per heavy atom. The van der Waals surface area contributed by atoms with Crippen LogP contribution in [0.1, 0.15) is 32.6 Å². The number of ketones is 1. The molecule has 0 N–H and O–H groups in total. The number of carbonyl (C=O) groups excluding carboxylic acids is 2. The van der Waals surface area contributed by atoms with Crippen LogP contribution >= 0.6 is 0 Å². The molecule has 0 spiro atoms. The van der Waals surface area contributed by atoms with Crippen LogP contribution in [0.15, 0.2) is 12.2 Å². The minimum atomic E-state index is -0.146. The first-order valence-electron chi connectivity index (χ1n) is 6.10. The van der Waals surface area contributed by atoms with E-state index in [-0.39, 0.29) is 23.7 Å². The molecule has 0 aromatic rings. The molecule has 0 saturated heterocycles. The van der Waals surface area contributed by atoms with Crippen molar-refractivity contribution in [2.75, 3.05) is 6.61 Å². The van der Waals surface area contributed by atoms with Gasteiger partial charge in [0.1, 0.15) is 5.78 Å². The molecule has 2 rings (SSSR count). The second-order valence-corrected chi connectivity index (χ2v) is 4.69. The number of esters is 1. The topological polar surface area (TPSA) is 43.4 Å². The van der Waals surface area contributed by atoms with Gasteiger partial charge in [0.05, 0.1) is 6.61 Å². The summed E-state index contributed by atoms with van der Waals surface area (Å²) in [6.45, 7) is 2.58. The summed E-state index contributed by atoms with van der Waals surface area (Å²) in [6, 6.07) is 0. The highest BCUT2D eigenvalue weighted by Crippen LogP contribution is 2.42. The number of fused-ring (bicyclic) bond motifs is 2. The van der Waals surface area contributed by atoms with Gasteiger partial charge in [-0.1, -0.05) is 25.5 Å². The summed E-state index contributed by atoms with van der Waals surface area (Å²) >= 11 is 0. The monoisotopic (exact) mass is 222 g/mol. The summed E-state index contributed by atoms with van der Waals surface area (Å²) in [5.41, 5.74) is 0. The van der Waals surface area contributed by atoms with E-state index in [1.807, 2.05) is 12.2 Å². The lowest BCUT2D eigenvalue weighted by Crippen LogP contribution is -2.17. The van der Waals surface area contributed by atoms with Crippen molar-refractivity contribution in [3.63, 3.8) is 0 Å². The SMILES string of the molecule is CCCCOC(=O)CC1CC2C=CC1C2=O. The van der Waals surface area contributed by atoms with Crippen molar-refractivity contribution in [2.45, 2.75) is 32.6 Å². The van der Waals surface area contributed by atoms with Crippen molar-refractivity contribution < 1.29 is 14.3 Å². The van der Waals surface area contributed by atoms with Crippen molar-refractivity contribution in [1.82, 2.24) is 0 Å². The number of hydrogen-bond acceptors (Lipinski definition) is 3. The number of Topliss-reactive ketones (excluding diaryl/α,β-unsaturated/α-hetero) is 1. The van der Waals surface area contributed by atoms with Crippen LogP contribution in [-0.4, -0.2) is 18.4 Å². The molecule has 2 aliphatic rings. The number of allylic oxidation sites excluding steroid dienone is 2. The van der Waals surface area contributed by atoms with Crippen LogP contribution in [0.2, 0.25) is 0 Å². The molecule has 0 heterocycles. The van der Waals surface area contributed by atoms with Gasteiger partial charge < -0.3 is 4.74 Å². The minimum Gasteiger partial charge on any atom is -0.466 e. The Balaban J connectivity index is 1.77. The Morgan fingerprint density at radius 2 is 2.31 bits per heavy atom. The van der Waals surface area contributed by atoms with Crippen LogP contribution in [0.5, 0.6) is 0 Å². The summed E-state index contributed by atoms with van der Waals surface area (Å²) < 4.78 is 5.11. The Kier molecular flexibility index (Phi) is 3.42. The molecule has 88 valence electrons. The van der Waals surface area contributed by atoms with Gasteiger partial charge in [-0.15, -0.1) is 0 Å². The first-order chi connectivity index (χ1) is 7.72. The van der Waals surface area contributed by atoms with Gasteiger partial charge in [-0.25, -0.2) is 0 Å². The van der Waals surface area contributed by atoms with Crippen LogP contribution < -0.4 is 0 Å². The Hall–Kier alpha value is -1.12. The maximum absolute atomic E-state index is 11.6. The molecule has 0 amide bonds. The van der Waals surface area contributed by atoms with E-state index in [0.717, 1.165) is 19.3 Å². The molecule has 3 nitrogen and oxygen atoms in total. The Morgan fingerprint density at radius 1 is 1.50 bits per heavy atom. The van der Waals surface area contributed by atoms with Crippen molar-refractivity contribution in [3.05, 3.63) is 12.2 Å². The second kappa shape index (κ2) is 4.81. The van der Waals surface area contributed by atoms with Crippen molar-refractivity contribution >= 4 is 11.8 Å². The van der Waals surface area contributed by atoms with Gasteiger partial charge in [-0.3, -0.25) is 9.59 Å². The standard InChI is InChI=1S/C13H18O3/c1-2-3-6-16-12(14)8-10-7-9-4-5-11(10)13(9)15/h4-5,9-11H,2-3,6-8H2,1H3. The summed E-state index contributed by atoms with van der Waals surface area (Å²) in [7, 11) is 0. The highest BCUT2D eigenvalue weighted by atomic mass is 16.5. The molecular formula is C13H18O3. The van der Waals surface area contributed by atoms with Gasteiger partial charge in [0.15, 0.2) is 0 Å². The molecule has 3 atom stereocenters. The fraction of sp³-hybridized carbons (Fsp3) is 0.692. The van der Waals surface area contributed by atoms with E-state index >= 15 is 0 Å². The van der Waals surface area contributed by atoms with E-state index in [1.165, 1.54) is 0 Å². The summed E-state index contributed by atoms with van der Waals surface area (Å²) in [4.78, 5) is 23.1. The maximum atomic E-state index is 11.6. The molecule has 1 fully saturated rings. The molecule has 1 saturated carbocycles. The predicted molar refractivity (Wildman–Crippen MR) is 59.7 cm³/mol. The molecule has 2 aliphatic carbocycles. The number of unbranched alkanes of at least 4 members (excludes halogenated alkanes) is 1. The van der Waals surface area contributed by atoms with Crippen molar-refractivity contribution in [3.8, 4) is 0 Å². The lowest BCUT2D eigenvalue weighted by molar-refractivity contribution is -0.145. The molecule has 16 heavy (non-hydrogen) atoms. The fourth-order valence-corrected chi connectivity index (χ4v) is 2.56. The van der Waals surface area contributed by atoms with Gasteiger partial charge in [0.2, 0.25) is 0 Å². The van der Waals surface area contributed by atoms with Crippen LogP contribution in [-0.2, 0) is 14.3 Å². The molecule has 0 aromatic carbocycles. The normalized spacial score (nSPS) is 31.1. The number of carbonyl (C=O) groups is 2. The average molecular weight is 222 g/mol. The molecule has 0 aromatic heterocycles. The zero-order valence-electron chi connectivity index (χ0n) is 9.65. The average Bonchev–Trinajstić information content (AvgIpc) is 2.74. The molecule has 0 aliphatic heterocycles. The van der Waals surface area contributed by atoms with E-state index in [4.69, 9.17) is 4.74 Å². The zero-order chi connectivity index (χ0) is 11.5. The fourth-order valence-electron chi connectivity index (χ4n) is 2.56. The second-order valence-electron chi connectivity index (χ2n) is 4.69. The molecule has 3 unspecified atom stereocenters. The molecular weight excluding hydrogens is 204 g/mol. The van der Waals surface area contributed by atoms with Gasteiger partial charge in [0, 0.05) is 18.3 Å². The highest BCUT2D eigenvalue weighted by Gasteiger charge is 2.44. The van der Waals surface area contributed by atoms with Crippen molar-refractivity contribution in [1.29, 1.82) is 0 Å². The number of rotatable bonds is 5. The summed E-state index contributed by atoms with van der Waals surface area (Å²) in [6.07, 6.45) is 7.13. The van der Waals surface area contributed by atoms with E-state index in [2.05, 4.69) is 6.92 Å². The third kappa shape index (κ3) is 2.18. The quantitative estimate of drug-likeness (QED) is 0.406. The maximum Gasteiger partial charge on any atom is 0.306 e. The minimum absolute atomic E-state index is 0.0104. The van der Waals surface area contributed by atoms with Gasteiger partial charge in [-0.2, -0.15) is 0 Å². The van der Waals surface area contributed by atoms with Gasteiger partial charge in [0.25, 0.3) is 0 Å². The van der Waals surface area contributed by atoms with Gasteiger partial charge >= 0.3 is 5.97 Å². The van der Waals surface area contributed by atoms with Crippen LogP contribution in [0.3, 0.4) is 0 Å². The van der Waals surface area contributed by atoms with Crippen LogP contribution in [0.4, 0.5) is 0 Å². The molecule has 0 radical (unpaired) electrons. The summed E-state index contributed by atoms with van der Waals surface area (Å²) in [5, 5.41) is 0. The smallest absolute Gasteiger partial charge is 0.306 e. The third-order valence-corrected chi connectivity index (χ3v) is 3.50. The predicted octanol–water partition coefficient (Wildman–Crippen LogP) is 2.11. The lowest BCUT2D eigenvalue weighted by atomic mass is 9.91. The van der Waals surface area contributed by atoms with Crippen LogP contribution in [0.25, 0.3) is 0 Å². The first-order valence-corrected chi connectivity index (χ1v) is 6.10. The van der Waals surface area contributed by atoms with Gasteiger partial charge in [-0.05, 0) is 18.8 Å². The van der Waals surface area contributed by atoms with E-state index in [0.29, 0.717) is 18.8 Å². The lowest BCUT2D eigenvalue weighted by Gasteiger charge is -2.15. The Labute approximate surface area is 95.9 Å². The van der Waals surface area contributed by atoms with Crippen molar-refractivity contribution in [2.24, 2.45) is 17.8 Å². The van der Waals surface area contributed by atoms with E-state index < -0.39 is 0 Å². The zero-order valence-corrected chi connectivity index (χ0v) is 9.65. The number of ether oxygens (including phenoxy) is 1. The van der Waals surface area contributed by atoms with Crippen LogP contribution in [0, 0.1) is 17.8 Å².